The van der Waals surface area contributed by atoms with E-state index in [2.05, 4.69) is 0 Å². The maximum absolute atomic E-state index is 8.84. The molecule has 0 rings (SSSR count). The summed E-state index contributed by atoms with van der Waals surface area (Å²) in [6.45, 7) is 0. The fourth-order valence-electron chi connectivity index (χ4n) is 1.50. The Hall–Kier alpha value is -2.49. The highest BCUT2D eigenvalue weighted by Crippen LogP contribution is 2.44. The van der Waals surface area contributed by atoms with Gasteiger partial charge in [0, 0.05) is 15.8 Å². The smallest absolute Gasteiger partial charge is 0.204 e. The van der Waals surface area contributed by atoms with Gasteiger partial charge in [-0.1, -0.05) is 19.3 Å². The molecule has 0 aliphatic carbocycles. The minimum Gasteiger partial charge on any atom is -0.204 e. The number of rotatable bonds is 7. The van der Waals surface area contributed by atoms with Gasteiger partial charge in [-0.2, -0.15) is 15.8 Å². The van der Waals surface area contributed by atoms with Gasteiger partial charge >= 0.3 is 8.07 Å². The minimum atomic E-state index is -3.07. The van der Waals surface area contributed by atoms with Crippen LogP contribution in [-0.4, -0.2) is 13.8 Å². The lowest BCUT2D eigenvalue weighted by Crippen LogP contribution is -2.29. The van der Waals surface area contributed by atoms with Crippen molar-refractivity contribution in [2.75, 3.05) is 5.75 Å². The normalized spacial score (nSPS) is 10.7. The fourth-order valence-corrected chi connectivity index (χ4v) is 3.80. The molecule has 0 unspecified atom stereocenters. The van der Waals surface area contributed by atoms with Crippen LogP contribution in [0.2, 0.25) is 6.04 Å². The van der Waals surface area contributed by atoms with Gasteiger partial charge in [-0.05, 0) is 12.5 Å². The van der Waals surface area contributed by atoms with E-state index in [0.29, 0.717) is 25.3 Å². The average Bonchev–Trinajstić information content (AvgIpc) is 2.52. The molecule has 0 spiro atoms. The molecule has 8 heteroatoms. The van der Waals surface area contributed by atoms with E-state index in [9.17, 15) is 0 Å². The Morgan fingerprint density at radius 1 is 0.650 bits per heavy atom. The maximum Gasteiger partial charge on any atom is 0.390 e. The Bertz CT molecular complexity index is 462. The molecule has 6 nitrogen and oxygen atoms in total. The van der Waals surface area contributed by atoms with E-state index in [1.807, 2.05) is 17.1 Å². The van der Waals surface area contributed by atoms with E-state index in [1.54, 1.807) is 16.2 Å². The second kappa shape index (κ2) is 8.58. The zero-order chi connectivity index (χ0) is 15.5. The lowest BCUT2D eigenvalue weighted by atomic mass is 10.2. The van der Waals surface area contributed by atoms with Gasteiger partial charge in [0.05, 0.1) is 17.1 Å². The van der Waals surface area contributed by atoms with Crippen molar-refractivity contribution in [1.82, 2.24) is 0 Å². The highest BCUT2D eigenvalue weighted by molar-refractivity contribution is 8.44. The summed E-state index contributed by atoms with van der Waals surface area (Å²) in [6.07, 6.45) is 2.63. The van der Waals surface area contributed by atoms with Crippen molar-refractivity contribution in [3.8, 4) is 33.3 Å². The van der Waals surface area contributed by atoms with Crippen molar-refractivity contribution in [2.24, 2.45) is 0 Å². The van der Waals surface area contributed by atoms with Gasteiger partial charge < -0.3 is 0 Å². The molecule has 0 aliphatic rings. The summed E-state index contributed by atoms with van der Waals surface area (Å²) in [5.74, 6) is 0.272. The van der Waals surface area contributed by atoms with Gasteiger partial charge in [0.15, 0.2) is 0 Å². The van der Waals surface area contributed by atoms with Crippen LogP contribution in [0, 0.1) is 64.9 Å². The van der Waals surface area contributed by atoms with E-state index in [4.69, 9.17) is 31.6 Å². The first-order valence-corrected chi connectivity index (χ1v) is 9.86. The lowest BCUT2D eigenvalue weighted by Gasteiger charge is -2.13. The maximum atomic E-state index is 8.84. The first kappa shape index (κ1) is 17.5. The molecule has 100 valence electrons. The van der Waals surface area contributed by atoms with Crippen molar-refractivity contribution < 1.29 is 0 Å². The van der Waals surface area contributed by atoms with E-state index in [0.717, 1.165) is 6.42 Å². The second-order valence-electron chi connectivity index (χ2n) is 4.12. The summed E-state index contributed by atoms with van der Waals surface area (Å²) in [4.78, 5) is 0. The van der Waals surface area contributed by atoms with Gasteiger partial charge in [0.1, 0.15) is 16.2 Å². The first-order valence-electron chi connectivity index (χ1n) is 5.85. The van der Waals surface area contributed by atoms with Gasteiger partial charge in [-0.15, -0.1) is 0 Å². The summed E-state index contributed by atoms with van der Waals surface area (Å²) in [7, 11) is -5.54. The van der Waals surface area contributed by atoms with Crippen molar-refractivity contribution in [3.63, 3.8) is 0 Å². The predicted octanol–water partition coefficient (Wildman–Crippen LogP) is 2.43. The van der Waals surface area contributed by atoms with Crippen molar-refractivity contribution in [1.29, 1.82) is 31.6 Å². The number of hydrogen-bond acceptors (Lipinski definition) is 6. The lowest BCUT2D eigenvalue weighted by molar-refractivity contribution is 0.702. The molecular weight excluding hydrogens is 288 g/mol. The van der Waals surface area contributed by atoms with E-state index < -0.39 is 18.1 Å². The fraction of sp³-hybridized carbons (Fsp3) is 0.500. The molecule has 0 amide bonds. The monoisotopic (exact) mass is 300 g/mol. The summed E-state index contributed by atoms with van der Waals surface area (Å²) in [6, 6.07) is 0.323. The highest BCUT2D eigenvalue weighted by Gasteiger charge is 2.34. The Kier molecular flexibility index (Phi) is 7.51. The van der Waals surface area contributed by atoms with Crippen LogP contribution >= 0.6 is 10.0 Å². The molecule has 0 aliphatic heterocycles. The summed E-state index contributed by atoms with van der Waals surface area (Å²) in [5, 5.41) is 58.4. The van der Waals surface area contributed by atoms with Crippen LogP contribution in [-0.2, 0) is 0 Å². The van der Waals surface area contributed by atoms with E-state index in [-0.39, 0.29) is 5.75 Å². The quantitative estimate of drug-likeness (QED) is 0.401. The zero-order valence-corrected chi connectivity index (χ0v) is 12.7. The van der Waals surface area contributed by atoms with Gasteiger partial charge in [-0.3, -0.25) is 0 Å². The molecule has 0 fully saturated rings. The van der Waals surface area contributed by atoms with E-state index in [1.165, 1.54) is 0 Å². The number of unbranched alkanes of at least 4 members (excludes halogenated alkanes) is 3. The van der Waals surface area contributed by atoms with Gasteiger partial charge in [-0.25, -0.2) is 15.8 Å². The van der Waals surface area contributed by atoms with Crippen LogP contribution in [0.25, 0.3) is 0 Å². The average molecular weight is 300 g/mol. The SMILES string of the molecule is N#C[Si](C#N)(C#N)CCCCCCS(C#N)(C#N)C#N. The van der Waals surface area contributed by atoms with Crippen LogP contribution in [0.15, 0.2) is 0 Å². The Morgan fingerprint density at radius 3 is 1.50 bits per heavy atom. The Labute approximate surface area is 121 Å². The third-order valence-electron chi connectivity index (χ3n) is 2.79. The number of hydrogen-bond donors (Lipinski definition) is 0. The molecule has 20 heavy (non-hydrogen) atoms. The van der Waals surface area contributed by atoms with Crippen molar-refractivity contribution in [2.45, 2.75) is 31.7 Å². The number of thiocyanates is 3. The first-order chi connectivity index (χ1) is 9.57. The molecule has 0 aromatic rings. The van der Waals surface area contributed by atoms with Crippen molar-refractivity contribution >= 4 is 18.1 Å². The van der Waals surface area contributed by atoms with Crippen LogP contribution in [0.5, 0.6) is 0 Å². The van der Waals surface area contributed by atoms with Gasteiger partial charge in [0.2, 0.25) is 0 Å². The number of nitriles is 6. The highest BCUT2D eigenvalue weighted by atomic mass is 32.3. The molecule has 0 bridgehead atoms. The second-order valence-corrected chi connectivity index (χ2v) is 9.54. The Balaban J connectivity index is 4.11. The standard InChI is InChI=1S/C12H12N6SSi/c13-7-19(8-14,9-15)5-3-1-2-4-6-20(10-16,11-17)12-18/h1-6H2. The molecule has 0 saturated carbocycles. The third kappa shape index (κ3) is 4.64. The van der Waals surface area contributed by atoms with Gasteiger partial charge in [0.25, 0.3) is 0 Å². The molecule has 0 radical (unpaired) electrons. The topological polar surface area (TPSA) is 143 Å². The molecule has 0 aromatic heterocycles. The number of nitrogens with zero attached hydrogens (tertiary/aromatic N) is 6. The van der Waals surface area contributed by atoms with Crippen LogP contribution in [0.4, 0.5) is 0 Å². The summed E-state index contributed by atoms with van der Waals surface area (Å²) >= 11 is 0. The summed E-state index contributed by atoms with van der Waals surface area (Å²) < 4.78 is 0. The molecule has 0 heterocycles. The van der Waals surface area contributed by atoms with Crippen molar-refractivity contribution in [3.05, 3.63) is 0 Å². The zero-order valence-electron chi connectivity index (χ0n) is 10.8. The van der Waals surface area contributed by atoms with Crippen LogP contribution in [0.3, 0.4) is 0 Å². The largest absolute Gasteiger partial charge is 0.390 e. The van der Waals surface area contributed by atoms with E-state index >= 15 is 0 Å². The molecule has 0 atom stereocenters. The minimum absolute atomic E-state index is 0.272. The van der Waals surface area contributed by atoms with Crippen LogP contribution in [0.1, 0.15) is 25.7 Å². The molecule has 0 N–H and O–H groups in total. The Morgan fingerprint density at radius 2 is 1.10 bits per heavy atom. The molecular formula is C12H12N6SSi. The predicted molar refractivity (Wildman–Crippen MR) is 75.2 cm³/mol. The third-order valence-corrected chi connectivity index (χ3v) is 6.88. The molecule has 0 saturated heterocycles. The molecule has 0 aromatic carbocycles. The summed E-state index contributed by atoms with van der Waals surface area (Å²) in [5.41, 5.74) is 5.55. The van der Waals surface area contributed by atoms with Crippen LogP contribution < -0.4 is 0 Å².